The van der Waals surface area contributed by atoms with Crippen LogP contribution in [0.1, 0.15) is 40.0 Å². The van der Waals surface area contributed by atoms with Gasteiger partial charge in [0.15, 0.2) is 5.69 Å². The second-order valence-corrected chi connectivity index (χ2v) is 7.68. The molecule has 0 aliphatic heterocycles. The minimum atomic E-state index is -1.16. The molecule has 0 amide bonds. The zero-order valence-corrected chi connectivity index (χ0v) is 17.3. The maximum Gasteiger partial charge on any atom is 0.356 e. The Morgan fingerprint density at radius 3 is 2.33 bits per heavy atom. The van der Waals surface area contributed by atoms with Crippen LogP contribution in [-0.2, 0) is 0 Å². The van der Waals surface area contributed by atoms with E-state index in [2.05, 4.69) is 5.10 Å². The Bertz CT molecular complexity index is 1050. The molecule has 0 aliphatic rings. The van der Waals surface area contributed by atoms with Crippen LogP contribution in [0.5, 0.6) is 0 Å². The number of aromatic carboxylic acids is 1. The fourth-order valence-electron chi connectivity index (χ4n) is 2.97. The van der Waals surface area contributed by atoms with Gasteiger partial charge in [-0.15, -0.1) is 5.10 Å². The van der Waals surface area contributed by atoms with Crippen molar-refractivity contribution < 1.29 is 9.90 Å². The van der Waals surface area contributed by atoms with E-state index in [1.165, 1.54) is 0 Å². The quantitative estimate of drug-likeness (QED) is 0.489. The second-order valence-electron chi connectivity index (χ2n) is 6.14. The summed E-state index contributed by atoms with van der Waals surface area (Å²) in [7, 11) is 0. The maximum absolute atomic E-state index is 11.8. The highest BCUT2D eigenvalue weighted by molar-refractivity contribution is 6.42. The normalized spacial score (nSPS) is 12.2. The van der Waals surface area contributed by atoms with E-state index in [-0.39, 0.29) is 11.6 Å². The van der Waals surface area contributed by atoms with Crippen LogP contribution in [0.2, 0.25) is 15.1 Å². The summed E-state index contributed by atoms with van der Waals surface area (Å²) in [5.74, 6) is -1.51. The number of halogens is 4. The molecule has 1 atom stereocenters. The Morgan fingerprint density at radius 2 is 1.74 bits per heavy atom. The van der Waals surface area contributed by atoms with Gasteiger partial charge in [0.1, 0.15) is 0 Å². The van der Waals surface area contributed by atoms with Crippen LogP contribution in [-0.4, -0.2) is 20.4 Å². The lowest BCUT2D eigenvalue weighted by Crippen LogP contribution is -2.06. The van der Waals surface area contributed by atoms with Gasteiger partial charge >= 0.3 is 5.97 Å². The summed E-state index contributed by atoms with van der Waals surface area (Å²) < 4.78 is 1.06. The summed E-state index contributed by atoms with van der Waals surface area (Å²) in [5.41, 5.74) is 3.21. The molecule has 1 aromatic heterocycles. The van der Waals surface area contributed by atoms with Crippen molar-refractivity contribution in [1.82, 2.24) is 9.30 Å². The van der Waals surface area contributed by atoms with Gasteiger partial charge in [-0.05, 0) is 42.3 Å². The van der Waals surface area contributed by atoms with Crippen molar-refractivity contribution in [3.63, 3.8) is 0 Å². The zero-order valence-electron chi connectivity index (χ0n) is 14.3. The molecule has 0 radical (unpaired) electrons. The van der Waals surface area contributed by atoms with E-state index in [0.29, 0.717) is 31.9 Å². The molecular formula is C19H14Cl4N2O2. The van der Waals surface area contributed by atoms with Crippen molar-refractivity contribution in [2.75, 3.05) is 0 Å². The monoisotopic (exact) mass is 442 g/mol. The molecule has 0 bridgehead atoms. The Hall–Kier alpha value is -1.72. The molecular weight excluding hydrogens is 430 g/mol. The highest BCUT2D eigenvalue weighted by Gasteiger charge is 2.28. The molecule has 0 fully saturated rings. The molecule has 4 nitrogen and oxygen atoms in total. The third-order valence-electron chi connectivity index (χ3n) is 4.39. The molecule has 8 heteroatoms. The van der Waals surface area contributed by atoms with Crippen LogP contribution >= 0.6 is 46.6 Å². The topological polar surface area (TPSA) is 55.1 Å². The number of rotatable bonds is 4. The van der Waals surface area contributed by atoms with E-state index in [1.54, 1.807) is 30.3 Å². The van der Waals surface area contributed by atoms with E-state index in [1.807, 2.05) is 19.9 Å². The number of benzene rings is 2. The average molecular weight is 444 g/mol. The van der Waals surface area contributed by atoms with Crippen molar-refractivity contribution in [3.05, 3.63) is 73.9 Å². The summed E-state index contributed by atoms with van der Waals surface area (Å²) in [4.78, 5) is 11.8. The van der Waals surface area contributed by atoms with Crippen molar-refractivity contribution in [3.8, 4) is 11.3 Å². The summed E-state index contributed by atoms with van der Waals surface area (Å²) in [6.07, 6.45) is 0. The van der Waals surface area contributed by atoms with Gasteiger partial charge in [0.05, 0.1) is 15.7 Å². The number of aromatic nitrogens is 2. The van der Waals surface area contributed by atoms with Gasteiger partial charge in [0.25, 0.3) is 0 Å². The summed E-state index contributed by atoms with van der Waals surface area (Å²) in [6, 6.07) is 10.5. The largest absolute Gasteiger partial charge is 0.476 e. The summed E-state index contributed by atoms with van der Waals surface area (Å²) >= 11 is 24.5. The SMILES string of the molecule is Cc1cc(-c2c(C(C)c3ccc(Cl)c(Cl)c3)c(C(=O)O)nn2Cl)ccc1Cl. The number of hydrogen-bond acceptors (Lipinski definition) is 2. The number of carbonyl (C=O) groups is 1. The Balaban J connectivity index is 2.24. The first-order valence-corrected chi connectivity index (χ1v) is 9.41. The van der Waals surface area contributed by atoms with Gasteiger partial charge < -0.3 is 5.11 Å². The van der Waals surface area contributed by atoms with Gasteiger partial charge in [0, 0.05) is 33.8 Å². The first-order chi connectivity index (χ1) is 12.7. The van der Waals surface area contributed by atoms with Crippen LogP contribution in [0.25, 0.3) is 11.3 Å². The number of aryl methyl sites for hydroxylation is 1. The number of hydrogen-bond donors (Lipinski definition) is 1. The predicted octanol–water partition coefficient (Wildman–Crippen LogP) is 6.67. The molecule has 0 saturated heterocycles. The predicted molar refractivity (Wildman–Crippen MR) is 110 cm³/mol. The maximum atomic E-state index is 11.8. The van der Waals surface area contributed by atoms with Gasteiger partial charge in [-0.1, -0.05) is 53.9 Å². The molecule has 1 heterocycles. The fraction of sp³-hybridized carbons (Fsp3) is 0.158. The molecule has 3 aromatic rings. The van der Waals surface area contributed by atoms with Crippen molar-refractivity contribution >= 4 is 52.5 Å². The van der Waals surface area contributed by atoms with Gasteiger partial charge in [-0.2, -0.15) is 4.20 Å². The van der Waals surface area contributed by atoms with Crippen molar-refractivity contribution in [2.24, 2.45) is 0 Å². The highest BCUT2D eigenvalue weighted by Crippen LogP contribution is 2.38. The van der Waals surface area contributed by atoms with E-state index < -0.39 is 5.97 Å². The lowest BCUT2D eigenvalue weighted by atomic mass is 9.89. The number of carboxylic acid groups (broad SMARTS) is 1. The zero-order chi connectivity index (χ0) is 19.9. The number of carboxylic acids is 1. The van der Waals surface area contributed by atoms with Gasteiger partial charge in [0.2, 0.25) is 0 Å². The molecule has 0 aliphatic carbocycles. The van der Waals surface area contributed by atoms with Crippen LogP contribution in [0.15, 0.2) is 36.4 Å². The molecule has 1 unspecified atom stereocenters. The molecule has 140 valence electrons. The van der Waals surface area contributed by atoms with E-state index in [4.69, 9.17) is 46.6 Å². The first kappa shape index (κ1) is 20.0. The van der Waals surface area contributed by atoms with E-state index >= 15 is 0 Å². The smallest absolute Gasteiger partial charge is 0.356 e. The lowest BCUT2D eigenvalue weighted by Gasteiger charge is -2.15. The standard InChI is InChI=1S/C19H14Cl4N2O2/c1-9-7-12(4-5-13(9)20)18-16(17(19(26)27)24-25(18)23)10(2)11-3-6-14(21)15(22)8-11/h3-8,10H,1-2H3,(H,26,27). The minimum Gasteiger partial charge on any atom is -0.476 e. The van der Waals surface area contributed by atoms with Crippen molar-refractivity contribution in [1.29, 1.82) is 0 Å². The second kappa shape index (κ2) is 7.72. The summed E-state index contributed by atoms with van der Waals surface area (Å²) in [5, 5.41) is 15.1. The Morgan fingerprint density at radius 1 is 1.07 bits per heavy atom. The van der Waals surface area contributed by atoms with E-state index in [0.717, 1.165) is 15.3 Å². The molecule has 3 rings (SSSR count). The van der Waals surface area contributed by atoms with Gasteiger partial charge in [-0.25, -0.2) is 4.79 Å². The van der Waals surface area contributed by atoms with Crippen molar-refractivity contribution in [2.45, 2.75) is 19.8 Å². The average Bonchev–Trinajstić information content (AvgIpc) is 2.96. The number of nitrogens with zero attached hydrogens (tertiary/aromatic N) is 2. The third-order valence-corrected chi connectivity index (χ3v) is 5.80. The first-order valence-electron chi connectivity index (χ1n) is 7.94. The molecule has 1 N–H and O–H groups in total. The molecule has 27 heavy (non-hydrogen) atoms. The lowest BCUT2D eigenvalue weighted by molar-refractivity contribution is 0.0688. The minimum absolute atomic E-state index is 0.119. The Labute approximate surface area is 176 Å². The van der Waals surface area contributed by atoms with Gasteiger partial charge in [-0.3, -0.25) is 0 Å². The molecule has 0 spiro atoms. The fourth-order valence-corrected chi connectivity index (χ4v) is 3.66. The highest BCUT2D eigenvalue weighted by atomic mass is 35.5. The molecule has 0 saturated carbocycles. The van der Waals surface area contributed by atoms with Crippen LogP contribution < -0.4 is 0 Å². The summed E-state index contributed by atoms with van der Waals surface area (Å²) in [6.45, 7) is 3.73. The van der Waals surface area contributed by atoms with E-state index in [9.17, 15) is 9.90 Å². The molecule has 2 aromatic carbocycles. The van der Waals surface area contributed by atoms with Crippen LogP contribution in [0.3, 0.4) is 0 Å². The third kappa shape index (κ3) is 3.81. The Kier molecular flexibility index (Phi) is 5.73. The van der Waals surface area contributed by atoms with Crippen LogP contribution in [0.4, 0.5) is 0 Å². The van der Waals surface area contributed by atoms with Crippen LogP contribution in [0, 0.1) is 6.92 Å².